The van der Waals surface area contributed by atoms with Crippen LogP contribution in [0.1, 0.15) is 5.56 Å². The number of hydrogen-bond acceptors (Lipinski definition) is 4. The summed E-state index contributed by atoms with van der Waals surface area (Å²) >= 11 is 1.65. The van der Waals surface area contributed by atoms with Gasteiger partial charge >= 0.3 is 0 Å². The molecule has 4 rings (SSSR count). The van der Waals surface area contributed by atoms with Crippen LogP contribution in [-0.2, 0) is 6.54 Å². The molecule has 146 valence electrons. The van der Waals surface area contributed by atoms with Gasteiger partial charge in [0.05, 0.1) is 0 Å². The van der Waals surface area contributed by atoms with Crippen LogP contribution in [0.4, 0.5) is 4.39 Å². The summed E-state index contributed by atoms with van der Waals surface area (Å²) in [5.74, 6) is -0.209. The second-order valence-electron chi connectivity index (χ2n) is 6.73. The number of fused-ring (bicyclic) bond motifs is 1. The Labute approximate surface area is 174 Å². The first-order valence-electron chi connectivity index (χ1n) is 9.58. The number of nitrogens with one attached hydrogen (secondary N) is 2. The third-order valence-electron chi connectivity index (χ3n) is 4.69. The van der Waals surface area contributed by atoms with E-state index < -0.39 is 0 Å². The van der Waals surface area contributed by atoms with Crippen LogP contribution in [0.3, 0.4) is 0 Å². The molecule has 3 aromatic carbocycles. The summed E-state index contributed by atoms with van der Waals surface area (Å²) in [5.41, 5.74) is 3.35. The number of rotatable bonds is 8. The Kier molecular flexibility index (Phi) is 6.52. The predicted molar refractivity (Wildman–Crippen MR) is 119 cm³/mol. The van der Waals surface area contributed by atoms with Crippen molar-refractivity contribution < 1.29 is 4.39 Å². The lowest BCUT2D eigenvalue weighted by Crippen LogP contribution is -2.23. The second-order valence-corrected chi connectivity index (χ2v) is 7.66. The van der Waals surface area contributed by atoms with Crippen LogP contribution in [0.25, 0.3) is 21.9 Å². The molecule has 3 nitrogen and oxygen atoms in total. The lowest BCUT2D eigenvalue weighted by atomic mass is 10.0. The summed E-state index contributed by atoms with van der Waals surface area (Å²) in [6, 6.07) is 23.3. The van der Waals surface area contributed by atoms with Gasteiger partial charge in [-0.05, 0) is 58.3 Å². The minimum atomic E-state index is -0.209. The molecule has 0 aliphatic rings. The summed E-state index contributed by atoms with van der Waals surface area (Å²) in [5, 5.41) is 5.83. The van der Waals surface area contributed by atoms with Crippen molar-refractivity contribution in [1.29, 1.82) is 0 Å². The van der Waals surface area contributed by atoms with E-state index in [1.54, 1.807) is 24.1 Å². The molecule has 5 heteroatoms. The highest BCUT2D eigenvalue weighted by atomic mass is 32.2. The minimum absolute atomic E-state index is 0.209. The number of aromatic nitrogens is 1. The fourth-order valence-electron chi connectivity index (χ4n) is 3.14. The van der Waals surface area contributed by atoms with E-state index in [0.29, 0.717) is 0 Å². The first-order valence-corrected chi connectivity index (χ1v) is 10.4. The smallest absolute Gasteiger partial charge is 0.123 e. The van der Waals surface area contributed by atoms with E-state index in [0.717, 1.165) is 36.1 Å². The molecule has 0 bridgehead atoms. The van der Waals surface area contributed by atoms with Crippen LogP contribution >= 0.6 is 11.9 Å². The molecular formula is C24H22FN3S. The highest BCUT2D eigenvalue weighted by Crippen LogP contribution is 2.25. The summed E-state index contributed by atoms with van der Waals surface area (Å²) in [6.07, 6.45) is 3.72. The third kappa shape index (κ3) is 5.21. The lowest BCUT2D eigenvalue weighted by Gasteiger charge is -2.09. The van der Waals surface area contributed by atoms with E-state index in [-0.39, 0.29) is 5.82 Å². The van der Waals surface area contributed by atoms with Gasteiger partial charge in [0.2, 0.25) is 0 Å². The van der Waals surface area contributed by atoms with E-state index in [1.807, 2.05) is 18.5 Å². The van der Waals surface area contributed by atoms with Crippen molar-refractivity contribution in [3.05, 3.63) is 96.6 Å². The SMILES string of the molecule is Fc1ccc(-c2ccc(CNCCNSc3cccc4cnccc34)cc2)cc1. The van der Waals surface area contributed by atoms with Gasteiger partial charge in [-0.15, -0.1) is 0 Å². The molecule has 0 saturated heterocycles. The zero-order valence-corrected chi connectivity index (χ0v) is 16.8. The molecule has 0 saturated carbocycles. The normalized spacial score (nSPS) is 11.1. The van der Waals surface area contributed by atoms with Crippen molar-refractivity contribution in [3.8, 4) is 11.1 Å². The summed E-state index contributed by atoms with van der Waals surface area (Å²) in [7, 11) is 0. The molecule has 29 heavy (non-hydrogen) atoms. The van der Waals surface area contributed by atoms with Gasteiger partial charge in [-0.2, -0.15) is 0 Å². The first-order chi connectivity index (χ1) is 14.3. The van der Waals surface area contributed by atoms with Crippen LogP contribution in [-0.4, -0.2) is 18.1 Å². The van der Waals surface area contributed by atoms with Gasteiger partial charge < -0.3 is 5.32 Å². The van der Waals surface area contributed by atoms with E-state index in [2.05, 4.69) is 57.5 Å². The Morgan fingerprint density at radius 2 is 1.59 bits per heavy atom. The molecule has 0 amide bonds. The predicted octanol–water partition coefficient (Wildman–Crippen LogP) is 5.43. The number of pyridine rings is 1. The Morgan fingerprint density at radius 3 is 2.38 bits per heavy atom. The van der Waals surface area contributed by atoms with Gasteiger partial charge in [0.15, 0.2) is 0 Å². The fraction of sp³-hybridized carbons (Fsp3) is 0.125. The summed E-state index contributed by atoms with van der Waals surface area (Å²) in [4.78, 5) is 5.38. The maximum Gasteiger partial charge on any atom is 0.123 e. The highest BCUT2D eigenvalue weighted by Gasteiger charge is 2.02. The molecule has 0 radical (unpaired) electrons. The third-order valence-corrected chi connectivity index (χ3v) is 5.61. The zero-order valence-electron chi connectivity index (χ0n) is 15.9. The van der Waals surface area contributed by atoms with Gasteiger partial charge in [-0.25, -0.2) is 4.39 Å². The molecular weight excluding hydrogens is 381 g/mol. The van der Waals surface area contributed by atoms with Crippen molar-refractivity contribution in [2.45, 2.75) is 11.4 Å². The zero-order chi connectivity index (χ0) is 19.9. The molecule has 0 fully saturated rings. The Hall–Kier alpha value is -2.73. The van der Waals surface area contributed by atoms with Gasteiger partial charge in [0.25, 0.3) is 0 Å². The van der Waals surface area contributed by atoms with E-state index in [1.165, 1.54) is 28.0 Å². The Balaban J connectivity index is 1.21. The van der Waals surface area contributed by atoms with Crippen molar-refractivity contribution in [2.24, 2.45) is 0 Å². The number of nitrogens with zero attached hydrogens (tertiary/aromatic N) is 1. The van der Waals surface area contributed by atoms with Gasteiger partial charge in [-0.1, -0.05) is 48.5 Å². The second kappa shape index (κ2) is 9.65. The van der Waals surface area contributed by atoms with E-state index in [4.69, 9.17) is 0 Å². The van der Waals surface area contributed by atoms with Crippen LogP contribution in [0.2, 0.25) is 0 Å². The highest BCUT2D eigenvalue weighted by molar-refractivity contribution is 7.97. The van der Waals surface area contributed by atoms with Crippen LogP contribution < -0.4 is 10.0 Å². The molecule has 4 aromatic rings. The molecule has 1 aromatic heterocycles. The molecule has 0 aliphatic carbocycles. The fourth-order valence-corrected chi connectivity index (χ4v) is 3.94. The van der Waals surface area contributed by atoms with Crippen molar-refractivity contribution in [2.75, 3.05) is 13.1 Å². The van der Waals surface area contributed by atoms with E-state index >= 15 is 0 Å². The summed E-state index contributed by atoms with van der Waals surface area (Å²) in [6.45, 7) is 2.55. The molecule has 2 N–H and O–H groups in total. The monoisotopic (exact) mass is 403 g/mol. The van der Waals surface area contributed by atoms with Crippen LogP contribution in [0.5, 0.6) is 0 Å². The average Bonchev–Trinajstić information content (AvgIpc) is 2.77. The first kappa shape index (κ1) is 19.6. The number of hydrogen-bond donors (Lipinski definition) is 2. The maximum atomic E-state index is 13.0. The number of halogens is 1. The standard InChI is InChI=1S/C24H22FN3S/c25-22-10-8-20(9-11-22)19-6-4-18(5-7-19)16-27-14-15-28-29-24-3-1-2-21-17-26-13-12-23(21)24/h1-13,17,27-28H,14-16H2. The molecule has 0 spiro atoms. The van der Waals surface area contributed by atoms with Crippen molar-refractivity contribution in [3.63, 3.8) is 0 Å². The molecule has 1 heterocycles. The molecule has 0 atom stereocenters. The lowest BCUT2D eigenvalue weighted by molar-refractivity contribution is 0.628. The average molecular weight is 404 g/mol. The maximum absolute atomic E-state index is 13.0. The van der Waals surface area contributed by atoms with Crippen molar-refractivity contribution in [1.82, 2.24) is 15.0 Å². The summed E-state index contributed by atoms with van der Waals surface area (Å²) < 4.78 is 16.5. The Bertz CT molecular complexity index is 1060. The Morgan fingerprint density at radius 1 is 0.828 bits per heavy atom. The molecule has 0 aliphatic heterocycles. The van der Waals surface area contributed by atoms with Crippen LogP contribution in [0.15, 0.2) is 90.1 Å². The minimum Gasteiger partial charge on any atom is -0.311 e. The van der Waals surface area contributed by atoms with Crippen molar-refractivity contribution >= 4 is 22.7 Å². The van der Waals surface area contributed by atoms with Crippen LogP contribution in [0, 0.1) is 5.82 Å². The van der Waals surface area contributed by atoms with E-state index in [9.17, 15) is 4.39 Å². The largest absolute Gasteiger partial charge is 0.311 e. The van der Waals surface area contributed by atoms with Gasteiger partial charge in [-0.3, -0.25) is 9.71 Å². The quantitative estimate of drug-likeness (QED) is 0.304. The topological polar surface area (TPSA) is 37.0 Å². The molecule has 0 unspecified atom stereocenters. The van der Waals surface area contributed by atoms with Gasteiger partial charge in [0, 0.05) is 42.3 Å². The van der Waals surface area contributed by atoms with Gasteiger partial charge in [0.1, 0.15) is 5.82 Å². The number of benzene rings is 3.